The Labute approximate surface area is 207 Å². The number of Topliss-reactive ketones (excluding diaryl/α,β-unsaturated/α-hetero) is 1. The highest BCUT2D eigenvalue weighted by molar-refractivity contribution is 5.75. The third-order valence-electron chi connectivity index (χ3n) is 5.80. The molecule has 1 amide bonds. The number of ketones is 1. The third kappa shape index (κ3) is 28.6. The first-order valence-corrected chi connectivity index (χ1v) is 13.7. The highest BCUT2D eigenvalue weighted by Crippen LogP contribution is 2.13. The van der Waals surface area contributed by atoms with Crippen molar-refractivity contribution in [3.05, 3.63) is 0 Å². The first kappa shape index (κ1) is 32.5. The minimum absolute atomic E-state index is 0.103. The summed E-state index contributed by atoms with van der Waals surface area (Å²) in [6.45, 7) is 4.22. The number of carbonyl (C=O) groups is 3. The minimum atomic E-state index is -0.680. The molecule has 0 rings (SSSR count). The van der Waals surface area contributed by atoms with Gasteiger partial charge in [0.25, 0.3) is 0 Å². The second-order valence-electron chi connectivity index (χ2n) is 9.22. The summed E-state index contributed by atoms with van der Waals surface area (Å²) < 4.78 is 10.8. The molecule has 0 unspecified atom stereocenters. The molecule has 200 valence electrons. The fraction of sp³-hybridized carbons (Fsp3) is 0.889. The van der Waals surface area contributed by atoms with Gasteiger partial charge in [-0.1, -0.05) is 77.0 Å². The minimum Gasteiger partial charge on any atom is -0.481 e. The predicted octanol–water partition coefficient (Wildman–Crippen LogP) is 5.83. The molecule has 7 nitrogen and oxygen atoms in total. The number of hydrogen-bond acceptors (Lipinski definition) is 5. The van der Waals surface area contributed by atoms with Gasteiger partial charge >= 0.3 is 5.97 Å². The summed E-state index contributed by atoms with van der Waals surface area (Å²) >= 11 is 0. The number of amides is 1. The first-order valence-electron chi connectivity index (χ1n) is 13.7. The van der Waals surface area contributed by atoms with Crippen molar-refractivity contribution in [3.8, 4) is 0 Å². The SMILES string of the molecule is CC(=O)CCCOCCOCCNC(=O)CCCCCCCCCCCCCCCCC(=O)O. The number of carbonyl (C=O) groups excluding carboxylic acids is 2. The van der Waals surface area contributed by atoms with Crippen LogP contribution in [-0.4, -0.2) is 55.7 Å². The summed E-state index contributed by atoms with van der Waals surface area (Å²) in [6.07, 6.45) is 18.8. The van der Waals surface area contributed by atoms with Crippen molar-refractivity contribution < 1.29 is 29.0 Å². The van der Waals surface area contributed by atoms with Crippen LogP contribution in [0.5, 0.6) is 0 Å². The Morgan fingerprint density at radius 1 is 0.559 bits per heavy atom. The number of hydrogen-bond donors (Lipinski definition) is 2. The van der Waals surface area contributed by atoms with Crippen LogP contribution in [0.25, 0.3) is 0 Å². The summed E-state index contributed by atoms with van der Waals surface area (Å²) in [5, 5.41) is 11.5. The average molecular weight is 486 g/mol. The molecule has 0 saturated carbocycles. The number of rotatable bonds is 27. The summed E-state index contributed by atoms with van der Waals surface area (Å²) in [7, 11) is 0. The van der Waals surface area contributed by atoms with E-state index in [-0.39, 0.29) is 11.7 Å². The van der Waals surface area contributed by atoms with E-state index in [0.29, 0.717) is 52.2 Å². The maximum absolute atomic E-state index is 11.8. The molecule has 2 N–H and O–H groups in total. The largest absolute Gasteiger partial charge is 0.481 e. The molecule has 0 saturated heterocycles. The van der Waals surface area contributed by atoms with Crippen LogP contribution in [0, 0.1) is 0 Å². The first-order chi connectivity index (χ1) is 16.5. The maximum Gasteiger partial charge on any atom is 0.303 e. The quantitative estimate of drug-likeness (QED) is 0.142. The number of aliphatic carboxylic acids is 1. The molecule has 0 aliphatic rings. The van der Waals surface area contributed by atoms with Crippen LogP contribution in [0.4, 0.5) is 0 Å². The van der Waals surface area contributed by atoms with Crippen LogP contribution in [0.3, 0.4) is 0 Å². The van der Waals surface area contributed by atoms with Crippen LogP contribution in [0.1, 0.15) is 122 Å². The molecule has 0 radical (unpaired) electrons. The fourth-order valence-electron chi connectivity index (χ4n) is 3.78. The monoisotopic (exact) mass is 485 g/mol. The van der Waals surface area contributed by atoms with Crippen LogP contribution < -0.4 is 5.32 Å². The van der Waals surface area contributed by atoms with Crippen LogP contribution in [0.15, 0.2) is 0 Å². The van der Waals surface area contributed by atoms with E-state index >= 15 is 0 Å². The van der Waals surface area contributed by atoms with Gasteiger partial charge in [0.2, 0.25) is 5.91 Å². The normalized spacial score (nSPS) is 11.0. The van der Waals surface area contributed by atoms with E-state index in [2.05, 4.69) is 5.32 Å². The smallest absolute Gasteiger partial charge is 0.303 e. The number of unbranched alkanes of at least 4 members (excludes halogenated alkanes) is 13. The molecule has 0 fully saturated rings. The average Bonchev–Trinajstić information content (AvgIpc) is 2.79. The molecule has 34 heavy (non-hydrogen) atoms. The zero-order valence-corrected chi connectivity index (χ0v) is 21.8. The molecule has 0 bridgehead atoms. The molecular weight excluding hydrogens is 434 g/mol. The van der Waals surface area contributed by atoms with Gasteiger partial charge in [-0.3, -0.25) is 9.59 Å². The lowest BCUT2D eigenvalue weighted by atomic mass is 10.0. The lowest BCUT2D eigenvalue weighted by Crippen LogP contribution is -2.27. The van der Waals surface area contributed by atoms with Gasteiger partial charge in [-0.05, 0) is 26.2 Å². The van der Waals surface area contributed by atoms with E-state index in [9.17, 15) is 14.4 Å². The van der Waals surface area contributed by atoms with Crippen molar-refractivity contribution >= 4 is 17.7 Å². The number of ether oxygens (including phenoxy) is 2. The van der Waals surface area contributed by atoms with Crippen molar-refractivity contribution in [2.24, 2.45) is 0 Å². The van der Waals surface area contributed by atoms with Crippen molar-refractivity contribution in [1.29, 1.82) is 0 Å². The van der Waals surface area contributed by atoms with E-state index in [1.54, 1.807) is 6.92 Å². The molecule has 0 aromatic carbocycles. The maximum atomic E-state index is 11.8. The molecule has 0 spiro atoms. The standard InChI is InChI=1S/C27H51NO6/c1-25(29)17-16-21-33-23-24-34-22-20-28-26(30)18-14-12-10-8-6-4-2-3-5-7-9-11-13-15-19-27(31)32/h2-24H2,1H3,(H,28,30)(H,31,32). The second-order valence-corrected chi connectivity index (χ2v) is 9.22. The van der Waals surface area contributed by atoms with Gasteiger partial charge in [0.05, 0.1) is 19.8 Å². The van der Waals surface area contributed by atoms with Crippen molar-refractivity contribution in [1.82, 2.24) is 5.32 Å². The Morgan fingerprint density at radius 2 is 1.00 bits per heavy atom. The molecule has 0 aliphatic heterocycles. The molecular formula is C27H51NO6. The van der Waals surface area contributed by atoms with Gasteiger partial charge in [0.15, 0.2) is 0 Å². The number of nitrogens with one attached hydrogen (secondary N) is 1. The predicted molar refractivity (Wildman–Crippen MR) is 136 cm³/mol. The highest BCUT2D eigenvalue weighted by atomic mass is 16.5. The summed E-state index contributed by atoms with van der Waals surface area (Å²) in [5.74, 6) is -0.389. The van der Waals surface area contributed by atoms with E-state index in [1.807, 2.05) is 0 Å². The number of carboxylic acids is 1. The molecule has 0 aromatic heterocycles. The van der Waals surface area contributed by atoms with E-state index in [0.717, 1.165) is 32.1 Å². The van der Waals surface area contributed by atoms with Crippen LogP contribution in [0.2, 0.25) is 0 Å². The Morgan fingerprint density at radius 3 is 1.47 bits per heavy atom. The molecule has 0 aromatic rings. The van der Waals surface area contributed by atoms with Gasteiger partial charge < -0.3 is 24.7 Å². The van der Waals surface area contributed by atoms with E-state index in [4.69, 9.17) is 14.6 Å². The lowest BCUT2D eigenvalue weighted by molar-refractivity contribution is -0.137. The third-order valence-corrected chi connectivity index (χ3v) is 5.80. The van der Waals surface area contributed by atoms with E-state index in [1.165, 1.54) is 64.2 Å². The molecule has 7 heteroatoms. The number of carboxylic acid groups (broad SMARTS) is 1. The second kappa shape index (κ2) is 26.1. The van der Waals surface area contributed by atoms with Gasteiger partial charge in [-0.25, -0.2) is 0 Å². The Kier molecular flexibility index (Phi) is 25.0. The van der Waals surface area contributed by atoms with Gasteiger partial charge in [0.1, 0.15) is 5.78 Å². The Bertz CT molecular complexity index is 498. The Balaban J connectivity index is 3.17. The van der Waals surface area contributed by atoms with Crippen molar-refractivity contribution in [2.75, 3.05) is 33.0 Å². The zero-order valence-electron chi connectivity index (χ0n) is 21.8. The van der Waals surface area contributed by atoms with Gasteiger partial charge in [0, 0.05) is 32.4 Å². The lowest BCUT2D eigenvalue weighted by Gasteiger charge is -2.07. The van der Waals surface area contributed by atoms with Crippen LogP contribution >= 0.6 is 0 Å². The topological polar surface area (TPSA) is 102 Å². The molecule has 0 heterocycles. The summed E-state index contributed by atoms with van der Waals surface area (Å²) in [4.78, 5) is 33.0. The summed E-state index contributed by atoms with van der Waals surface area (Å²) in [6, 6.07) is 0. The molecule has 0 atom stereocenters. The van der Waals surface area contributed by atoms with Crippen LogP contribution in [-0.2, 0) is 23.9 Å². The molecule has 0 aliphatic carbocycles. The summed E-state index contributed by atoms with van der Waals surface area (Å²) in [5.41, 5.74) is 0. The van der Waals surface area contributed by atoms with E-state index < -0.39 is 5.97 Å². The Hall–Kier alpha value is -1.47. The van der Waals surface area contributed by atoms with Gasteiger partial charge in [-0.2, -0.15) is 0 Å². The highest BCUT2D eigenvalue weighted by Gasteiger charge is 2.01. The van der Waals surface area contributed by atoms with Crippen molar-refractivity contribution in [3.63, 3.8) is 0 Å². The zero-order chi connectivity index (χ0) is 25.1. The van der Waals surface area contributed by atoms with Crippen molar-refractivity contribution in [2.45, 2.75) is 122 Å². The van der Waals surface area contributed by atoms with Gasteiger partial charge in [-0.15, -0.1) is 0 Å². The fourth-order valence-corrected chi connectivity index (χ4v) is 3.78.